The van der Waals surface area contributed by atoms with Gasteiger partial charge in [-0.2, -0.15) is 0 Å². The molecule has 0 atom stereocenters. The fourth-order valence-electron chi connectivity index (χ4n) is 2.54. The van der Waals surface area contributed by atoms with Gasteiger partial charge in [0.2, 0.25) is 0 Å². The molecule has 0 amide bonds. The summed E-state index contributed by atoms with van der Waals surface area (Å²) in [5.41, 5.74) is 1.35. The lowest BCUT2D eigenvalue weighted by molar-refractivity contribution is 0.0807. The largest absolute Gasteiger partial charge is 0.461 e. The molecule has 18 heavy (non-hydrogen) atoms. The Balaban J connectivity index is 2.56. The molecule has 3 rings (SSSR count). The van der Waals surface area contributed by atoms with Gasteiger partial charge in [0.15, 0.2) is 0 Å². The Kier molecular flexibility index (Phi) is 2.14. The first kappa shape index (κ1) is 11.4. The van der Waals surface area contributed by atoms with Crippen LogP contribution in [0.5, 0.6) is 0 Å². The Morgan fingerprint density at radius 3 is 2.33 bits per heavy atom. The maximum atomic E-state index is 10.4. The average molecular weight is 244 g/mol. The zero-order valence-electron chi connectivity index (χ0n) is 11.0. The summed E-state index contributed by atoms with van der Waals surface area (Å²) < 4.78 is 11.4. The minimum atomic E-state index is -0.974. The summed E-state index contributed by atoms with van der Waals surface area (Å²) in [6.07, 6.45) is 0. The number of rotatable bonds is 1. The topological polar surface area (TPSA) is 46.5 Å². The maximum Gasteiger partial charge on any atom is 0.141 e. The third kappa shape index (κ3) is 1.55. The average Bonchev–Trinajstić information content (AvgIpc) is 2.71. The van der Waals surface area contributed by atoms with Gasteiger partial charge in [0.25, 0.3) is 0 Å². The van der Waals surface area contributed by atoms with Crippen LogP contribution in [0, 0.1) is 13.8 Å². The van der Waals surface area contributed by atoms with Crippen LogP contribution in [-0.2, 0) is 5.60 Å². The summed E-state index contributed by atoms with van der Waals surface area (Å²) in [5, 5.41) is 12.3. The van der Waals surface area contributed by atoms with Crippen molar-refractivity contribution >= 4 is 21.9 Å². The molecule has 1 aromatic carbocycles. The molecule has 2 aromatic heterocycles. The van der Waals surface area contributed by atoms with E-state index in [9.17, 15) is 5.11 Å². The van der Waals surface area contributed by atoms with E-state index in [2.05, 4.69) is 0 Å². The van der Waals surface area contributed by atoms with Crippen LogP contribution >= 0.6 is 0 Å². The van der Waals surface area contributed by atoms with Crippen molar-refractivity contribution in [1.29, 1.82) is 0 Å². The van der Waals surface area contributed by atoms with Gasteiger partial charge in [-0.3, -0.25) is 0 Å². The lowest BCUT2D eigenvalue weighted by Crippen LogP contribution is -2.16. The predicted octanol–water partition coefficient (Wildman–Crippen LogP) is 4.02. The van der Waals surface area contributed by atoms with Crippen molar-refractivity contribution in [2.24, 2.45) is 0 Å². The number of benzene rings is 1. The van der Waals surface area contributed by atoms with Crippen LogP contribution in [-0.4, -0.2) is 5.11 Å². The van der Waals surface area contributed by atoms with Gasteiger partial charge < -0.3 is 13.9 Å². The zero-order chi connectivity index (χ0) is 13.1. The summed E-state index contributed by atoms with van der Waals surface area (Å²) in [4.78, 5) is 0. The van der Waals surface area contributed by atoms with Gasteiger partial charge in [0.05, 0.1) is 5.60 Å². The van der Waals surface area contributed by atoms with E-state index in [0.717, 1.165) is 39.0 Å². The third-order valence-corrected chi connectivity index (χ3v) is 3.16. The molecule has 94 valence electrons. The summed E-state index contributed by atoms with van der Waals surface area (Å²) in [5.74, 6) is 1.67. The van der Waals surface area contributed by atoms with Crippen molar-refractivity contribution in [3.05, 3.63) is 35.3 Å². The highest BCUT2D eigenvalue weighted by Crippen LogP contribution is 2.38. The first-order valence-corrected chi connectivity index (χ1v) is 6.02. The number of hydrogen-bond acceptors (Lipinski definition) is 3. The van der Waals surface area contributed by atoms with Crippen molar-refractivity contribution in [2.75, 3.05) is 0 Å². The van der Waals surface area contributed by atoms with Gasteiger partial charge in [-0.15, -0.1) is 0 Å². The molecule has 0 spiro atoms. The molecule has 0 saturated carbocycles. The van der Waals surface area contributed by atoms with E-state index in [1.807, 2.05) is 32.0 Å². The number of aliphatic hydroxyl groups is 1. The molecule has 0 aliphatic heterocycles. The highest BCUT2D eigenvalue weighted by atomic mass is 16.3. The minimum Gasteiger partial charge on any atom is -0.461 e. The molecule has 0 aliphatic rings. The molecule has 1 N–H and O–H groups in total. The number of fused-ring (bicyclic) bond motifs is 2. The third-order valence-electron chi connectivity index (χ3n) is 3.16. The van der Waals surface area contributed by atoms with Crippen LogP contribution in [0.15, 0.2) is 27.0 Å². The number of hydrogen-bond donors (Lipinski definition) is 1. The molecule has 3 aromatic rings. The standard InChI is InChI=1S/C15H16O3/c1-8-5-10-7-12-11(6-9(2)17-12)13(14(10)18-8)15(3,4)16/h5-7,16H,1-4H3. The molecule has 3 heteroatoms. The number of furan rings is 2. The van der Waals surface area contributed by atoms with Gasteiger partial charge >= 0.3 is 0 Å². The summed E-state index contributed by atoms with van der Waals surface area (Å²) in [7, 11) is 0. The second-order valence-corrected chi connectivity index (χ2v) is 5.35. The van der Waals surface area contributed by atoms with Crippen molar-refractivity contribution in [3.8, 4) is 0 Å². The summed E-state index contributed by atoms with van der Waals surface area (Å²) in [6, 6.07) is 5.87. The van der Waals surface area contributed by atoms with E-state index in [0.29, 0.717) is 0 Å². The van der Waals surface area contributed by atoms with E-state index >= 15 is 0 Å². The molecule has 0 saturated heterocycles. The molecule has 0 aliphatic carbocycles. The van der Waals surface area contributed by atoms with E-state index in [1.54, 1.807) is 13.8 Å². The zero-order valence-corrected chi connectivity index (χ0v) is 11.0. The Morgan fingerprint density at radius 2 is 1.67 bits per heavy atom. The summed E-state index contributed by atoms with van der Waals surface area (Å²) >= 11 is 0. The molecule has 0 unspecified atom stereocenters. The van der Waals surface area contributed by atoms with Gasteiger partial charge in [0, 0.05) is 16.3 Å². The molecule has 2 heterocycles. The Labute approximate surface area is 105 Å². The normalized spacial score (nSPS) is 12.7. The fraction of sp³-hybridized carbons (Fsp3) is 0.333. The first-order chi connectivity index (χ1) is 8.36. The Hall–Kier alpha value is -1.74. The van der Waals surface area contributed by atoms with Gasteiger partial charge in [-0.25, -0.2) is 0 Å². The van der Waals surface area contributed by atoms with E-state index in [4.69, 9.17) is 8.83 Å². The van der Waals surface area contributed by atoms with E-state index < -0.39 is 5.60 Å². The van der Waals surface area contributed by atoms with Crippen LogP contribution in [0.25, 0.3) is 21.9 Å². The van der Waals surface area contributed by atoms with Crippen LogP contribution in [0.3, 0.4) is 0 Å². The predicted molar refractivity (Wildman–Crippen MR) is 70.7 cm³/mol. The molecule has 0 bridgehead atoms. The monoisotopic (exact) mass is 244 g/mol. The van der Waals surface area contributed by atoms with Crippen LogP contribution < -0.4 is 0 Å². The summed E-state index contributed by atoms with van der Waals surface area (Å²) in [6.45, 7) is 7.34. The SMILES string of the molecule is Cc1cc2c(C(C)(C)O)c3oc(C)cc3cc2o1. The maximum absolute atomic E-state index is 10.4. The van der Waals surface area contributed by atoms with Crippen molar-refractivity contribution in [2.45, 2.75) is 33.3 Å². The first-order valence-electron chi connectivity index (χ1n) is 6.02. The molecule has 0 fully saturated rings. The minimum absolute atomic E-state index is 0.744. The van der Waals surface area contributed by atoms with Gasteiger partial charge in [-0.1, -0.05) is 0 Å². The smallest absolute Gasteiger partial charge is 0.141 e. The van der Waals surface area contributed by atoms with Crippen molar-refractivity contribution in [3.63, 3.8) is 0 Å². The van der Waals surface area contributed by atoms with E-state index in [1.165, 1.54) is 0 Å². The molecule has 0 radical (unpaired) electrons. The number of aryl methyl sites for hydroxylation is 2. The highest BCUT2D eigenvalue weighted by Gasteiger charge is 2.26. The quantitative estimate of drug-likeness (QED) is 0.703. The van der Waals surface area contributed by atoms with Crippen LogP contribution in [0.2, 0.25) is 0 Å². The van der Waals surface area contributed by atoms with Crippen molar-refractivity contribution in [1.82, 2.24) is 0 Å². The van der Waals surface area contributed by atoms with Crippen LogP contribution in [0.4, 0.5) is 0 Å². The second-order valence-electron chi connectivity index (χ2n) is 5.35. The molecular weight excluding hydrogens is 228 g/mol. The highest BCUT2D eigenvalue weighted by molar-refractivity contribution is 5.98. The Bertz CT molecular complexity index is 684. The fourth-order valence-corrected chi connectivity index (χ4v) is 2.54. The van der Waals surface area contributed by atoms with E-state index in [-0.39, 0.29) is 0 Å². The van der Waals surface area contributed by atoms with Gasteiger partial charge in [0.1, 0.15) is 22.7 Å². The van der Waals surface area contributed by atoms with Crippen LogP contribution in [0.1, 0.15) is 30.9 Å². The lowest BCUT2D eigenvalue weighted by atomic mass is 9.93. The molecular formula is C15H16O3. The Morgan fingerprint density at radius 1 is 1.00 bits per heavy atom. The van der Waals surface area contributed by atoms with Gasteiger partial charge in [-0.05, 0) is 45.9 Å². The van der Waals surface area contributed by atoms with Crippen molar-refractivity contribution < 1.29 is 13.9 Å². The molecule has 3 nitrogen and oxygen atoms in total. The second kappa shape index (κ2) is 3.39. The lowest BCUT2D eigenvalue weighted by Gasteiger charge is -2.18.